The molecule has 0 fully saturated rings. The Morgan fingerprint density at radius 2 is 1.38 bits per heavy atom. The second-order valence-electron chi connectivity index (χ2n) is 5.75. The lowest BCUT2D eigenvalue weighted by atomic mass is 10.0. The minimum absolute atomic E-state index is 0.441. The number of methoxy groups -OCH3 is 4. The number of rotatable bonds is 6. The molecule has 3 aromatic rings. The SMILES string of the molecule is COc1ccc(Cc2c3cc(OC)c(OC)cc3cc[n+]2[O-])cc1OC. The molecule has 6 nitrogen and oxygen atoms in total. The lowest BCUT2D eigenvalue weighted by Gasteiger charge is -2.13. The molecule has 2 aromatic carbocycles. The lowest BCUT2D eigenvalue weighted by molar-refractivity contribution is -0.611. The van der Waals surface area contributed by atoms with E-state index in [-0.39, 0.29) is 0 Å². The number of fused-ring (bicyclic) bond motifs is 1. The Morgan fingerprint density at radius 3 is 2.04 bits per heavy atom. The largest absolute Gasteiger partial charge is 0.618 e. The summed E-state index contributed by atoms with van der Waals surface area (Å²) in [5.74, 6) is 2.48. The topological polar surface area (TPSA) is 63.9 Å². The Labute approximate surface area is 152 Å². The number of hydrogen-bond donors (Lipinski definition) is 0. The fourth-order valence-corrected chi connectivity index (χ4v) is 3.00. The van der Waals surface area contributed by atoms with Crippen LogP contribution in [-0.2, 0) is 6.42 Å². The van der Waals surface area contributed by atoms with Crippen molar-refractivity contribution in [3.8, 4) is 23.0 Å². The van der Waals surface area contributed by atoms with Gasteiger partial charge in [-0.15, -0.1) is 0 Å². The lowest BCUT2D eigenvalue weighted by Crippen LogP contribution is -2.31. The first-order valence-electron chi connectivity index (χ1n) is 8.09. The molecular formula is C20H21NO5. The molecule has 0 spiro atoms. The molecule has 0 atom stereocenters. The molecule has 0 amide bonds. The summed E-state index contributed by atoms with van der Waals surface area (Å²) in [6.45, 7) is 0. The highest BCUT2D eigenvalue weighted by Crippen LogP contribution is 2.34. The molecule has 0 unspecified atom stereocenters. The smallest absolute Gasteiger partial charge is 0.205 e. The highest BCUT2D eigenvalue weighted by Gasteiger charge is 2.17. The van der Waals surface area contributed by atoms with E-state index in [0.717, 1.165) is 21.1 Å². The van der Waals surface area contributed by atoms with E-state index in [1.807, 2.05) is 30.3 Å². The average Bonchev–Trinajstić information content (AvgIpc) is 2.68. The third-order valence-electron chi connectivity index (χ3n) is 4.34. The van der Waals surface area contributed by atoms with Crippen molar-refractivity contribution in [3.05, 3.63) is 59.1 Å². The Kier molecular flexibility index (Phi) is 5.02. The van der Waals surface area contributed by atoms with Gasteiger partial charge in [-0.1, -0.05) is 6.07 Å². The van der Waals surface area contributed by atoms with Gasteiger partial charge >= 0.3 is 0 Å². The Morgan fingerprint density at radius 1 is 0.769 bits per heavy atom. The molecule has 136 valence electrons. The monoisotopic (exact) mass is 355 g/mol. The van der Waals surface area contributed by atoms with Crippen molar-refractivity contribution < 1.29 is 23.7 Å². The van der Waals surface area contributed by atoms with Gasteiger partial charge in [0.15, 0.2) is 29.2 Å². The summed E-state index contributed by atoms with van der Waals surface area (Å²) in [7, 11) is 6.34. The van der Waals surface area contributed by atoms with Crippen LogP contribution in [-0.4, -0.2) is 28.4 Å². The molecule has 0 aliphatic heterocycles. The summed E-state index contributed by atoms with van der Waals surface area (Å²) >= 11 is 0. The summed E-state index contributed by atoms with van der Waals surface area (Å²) in [6, 6.07) is 11.1. The third kappa shape index (κ3) is 3.18. The van der Waals surface area contributed by atoms with Crippen molar-refractivity contribution in [1.82, 2.24) is 0 Å². The van der Waals surface area contributed by atoms with Gasteiger partial charge in [-0.05, 0) is 35.2 Å². The van der Waals surface area contributed by atoms with Crippen LogP contribution in [0.1, 0.15) is 11.3 Å². The van der Waals surface area contributed by atoms with Crippen molar-refractivity contribution in [1.29, 1.82) is 0 Å². The normalized spacial score (nSPS) is 10.6. The molecule has 0 aliphatic carbocycles. The van der Waals surface area contributed by atoms with Gasteiger partial charge in [0.25, 0.3) is 0 Å². The molecule has 0 saturated heterocycles. The molecule has 1 heterocycles. The van der Waals surface area contributed by atoms with Crippen LogP contribution in [0, 0.1) is 5.21 Å². The highest BCUT2D eigenvalue weighted by atomic mass is 16.5. The quantitative estimate of drug-likeness (QED) is 0.502. The Hall–Kier alpha value is -3.15. The fourth-order valence-electron chi connectivity index (χ4n) is 3.00. The minimum Gasteiger partial charge on any atom is -0.618 e. The molecule has 26 heavy (non-hydrogen) atoms. The van der Waals surface area contributed by atoms with Gasteiger partial charge in [0, 0.05) is 6.07 Å². The molecule has 0 N–H and O–H groups in total. The van der Waals surface area contributed by atoms with Crippen LogP contribution in [0.25, 0.3) is 10.8 Å². The van der Waals surface area contributed by atoms with Crippen molar-refractivity contribution in [2.75, 3.05) is 28.4 Å². The van der Waals surface area contributed by atoms with Crippen LogP contribution in [0.15, 0.2) is 42.6 Å². The average molecular weight is 355 g/mol. The van der Waals surface area contributed by atoms with Crippen LogP contribution in [0.3, 0.4) is 0 Å². The fraction of sp³-hybridized carbons (Fsp3) is 0.250. The predicted molar refractivity (Wildman–Crippen MR) is 98.4 cm³/mol. The van der Waals surface area contributed by atoms with E-state index in [4.69, 9.17) is 18.9 Å². The first kappa shape index (κ1) is 17.7. The van der Waals surface area contributed by atoms with Crippen LogP contribution < -0.4 is 23.7 Å². The van der Waals surface area contributed by atoms with Crippen LogP contribution in [0.2, 0.25) is 0 Å². The van der Waals surface area contributed by atoms with Crippen molar-refractivity contribution in [2.24, 2.45) is 0 Å². The number of benzene rings is 2. The zero-order valence-corrected chi connectivity index (χ0v) is 15.2. The number of hydrogen-bond acceptors (Lipinski definition) is 5. The number of aromatic nitrogens is 1. The predicted octanol–water partition coefficient (Wildman–Crippen LogP) is 3.10. The molecule has 0 saturated carbocycles. The van der Waals surface area contributed by atoms with E-state index in [9.17, 15) is 5.21 Å². The molecule has 1 aromatic heterocycles. The summed E-state index contributed by atoms with van der Waals surface area (Å²) in [5, 5.41) is 14.2. The first-order chi connectivity index (χ1) is 12.6. The van der Waals surface area contributed by atoms with Gasteiger partial charge in [0.1, 0.15) is 0 Å². The van der Waals surface area contributed by atoms with E-state index in [1.54, 1.807) is 34.5 Å². The first-order valence-corrected chi connectivity index (χ1v) is 8.09. The maximum atomic E-state index is 12.5. The van der Waals surface area contributed by atoms with Crippen LogP contribution in [0.4, 0.5) is 0 Å². The van der Waals surface area contributed by atoms with Gasteiger partial charge in [-0.25, -0.2) is 0 Å². The molecule has 6 heteroatoms. The van der Waals surface area contributed by atoms with Crippen molar-refractivity contribution in [2.45, 2.75) is 6.42 Å². The number of pyridine rings is 1. The molecular weight excluding hydrogens is 334 g/mol. The zero-order chi connectivity index (χ0) is 18.7. The van der Waals surface area contributed by atoms with Crippen LogP contribution in [0.5, 0.6) is 23.0 Å². The summed E-state index contributed by atoms with van der Waals surface area (Å²) in [4.78, 5) is 0. The summed E-state index contributed by atoms with van der Waals surface area (Å²) in [5.41, 5.74) is 1.56. The minimum atomic E-state index is 0.441. The van der Waals surface area contributed by atoms with Gasteiger partial charge in [-0.3, -0.25) is 0 Å². The van der Waals surface area contributed by atoms with E-state index < -0.39 is 0 Å². The van der Waals surface area contributed by atoms with Crippen molar-refractivity contribution in [3.63, 3.8) is 0 Å². The Balaban J connectivity index is 2.11. The van der Waals surface area contributed by atoms with E-state index in [0.29, 0.717) is 35.1 Å². The highest BCUT2D eigenvalue weighted by molar-refractivity contribution is 5.87. The van der Waals surface area contributed by atoms with E-state index >= 15 is 0 Å². The molecule has 3 rings (SSSR count). The van der Waals surface area contributed by atoms with Gasteiger partial charge < -0.3 is 24.2 Å². The third-order valence-corrected chi connectivity index (χ3v) is 4.34. The zero-order valence-electron chi connectivity index (χ0n) is 15.2. The van der Waals surface area contributed by atoms with E-state index in [2.05, 4.69) is 0 Å². The molecule has 0 bridgehead atoms. The van der Waals surface area contributed by atoms with E-state index in [1.165, 1.54) is 6.20 Å². The number of nitrogens with zero attached hydrogens (tertiary/aromatic N) is 1. The van der Waals surface area contributed by atoms with Crippen molar-refractivity contribution >= 4 is 10.8 Å². The van der Waals surface area contributed by atoms with Crippen LogP contribution >= 0.6 is 0 Å². The summed E-state index contributed by atoms with van der Waals surface area (Å²) in [6.07, 6.45) is 1.95. The number of ether oxygens (including phenoxy) is 4. The maximum absolute atomic E-state index is 12.5. The van der Waals surface area contributed by atoms with Gasteiger partial charge in [0.2, 0.25) is 5.69 Å². The summed E-state index contributed by atoms with van der Waals surface area (Å²) < 4.78 is 22.2. The Bertz CT molecular complexity index is 939. The standard InChI is InChI=1S/C20H21NO5/c1-23-17-6-5-13(10-18(17)24-2)9-16-15-12-20(26-4)19(25-3)11-14(15)7-8-21(16)22/h5-8,10-12H,9H2,1-4H3. The maximum Gasteiger partial charge on any atom is 0.205 e. The molecule has 0 aliphatic rings. The van der Waals surface area contributed by atoms with Gasteiger partial charge in [0.05, 0.1) is 40.2 Å². The second kappa shape index (κ2) is 7.39. The molecule has 0 radical (unpaired) electrons. The second-order valence-corrected chi connectivity index (χ2v) is 5.75. The van der Waals surface area contributed by atoms with Gasteiger partial charge in [-0.2, -0.15) is 4.73 Å².